The number of benzene rings is 1. The fraction of sp³-hybridized carbons (Fsp3) is 0.526. The summed E-state index contributed by atoms with van der Waals surface area (Å²) in [4.78, 5) is 37.7. The van der Waals surface area contributed by atoms with Gasteiger partial charge in [0, 0.05) is 24.3 Å². The third kappa shape index (κ3) is 6.45. The molecule has 1 heterocycles. The summed E-state index contributed by atoms with van der Waals surface area (Å²) in [5.41, 5.74) is 0.632. The molecule has 9 nitrogen and oxygen atoms in total. The number of urea groups is 1. The summed E-state index contributed by atoms with van der Waals surface area (Å²) in [5, 5.41) is 5.17. The van der Waals surface area contributed by atoms with Gasteiger partial charge in [-0.2, -0.15) is 0 Å². The van der Waals surface area contributed by atoms with E-state index < -0.39 is 28.4 Å². The number of anilines is 1. The van der Waals surface area contributed by atoms with Gasteiger partial charge in [0.25, 0.3) is 5.91 Å². The molecule has 1 aromatic carbocycles. The number of amides is 3. The number of nitrogens with zero attached hydrogens (tertiary/aromatic N) is 1. The summed E-state index contributed by atoms with van der Waals surface area (Å²) in [6.07, 6.45) is 2.04. The van der Waals surface area contributed by atoms with Crippen LogP contribution in [0.1, 0.15) is 25.7 Å². The Bertz CT molecular complexity index is 854. The first-order valence-corrected chi connectivity index (χ1v) is 11.4. The third-order valence-corrected chi connectivity index (χ3v) is 6.58. The van der Waals surface area contributed by atoms with Crippen molar-refractivity contribution in [3.8, 4) is 0 Å². The average molecular weight is 423 g/mol. The van der Waals surface area contributed by atoms with E-state index in [4.69, 9.17) is 4.74 Å². The molecule has 2 N–H and O–H groups in total. The van der Waals surface area contributed by atoms with Gasteiger partial charge in [0.15, 0.2) is 16.4 Å². The molecule has 0 spiro atoms. The van der Waals surface area contributed by atoms with Crippen LogP contribution >= 0.6 is 0 Å². The summed E-state index contributed by atoms with van der Waals surface area (Å²) >= 11 is 0. The zero-order chi connectivity index (χ0) is 20.9. The molecule has 1 saturated carbocycles. The number of rotatable bonds is 8. The van der Waals surface area contributed by atoms with E-state index in [1.165, 1.54) is 0 Å². The molecule has 0 unspecified atom stereocenters. The molecular weight excluding hydrogens is 398 g/mol. The minimum Gasteiger partial charge on any atom is -0.456 e. The van der Waals surface area contributed by atoms with Crippen molar-refractivity contribution < 1.29 is 27.5 Å². The molecule has 1 aromatic rings. The number of hydrogen-bond donors (Lipinski definition) is 2. The van der Waals surface area contributed by atoms with Crippen LogP contribution < -0.4 is 10.6 Å². The minimum absolute atomic E-state index is 0.0242. The maximum atomic E-state index is 12.5. The number of carbonyl (C=O) groups is 3. The fourth-order valence-electron chi connectivity index (χ4n) is 3.32. The van der Waals surface area contributed by atoms with Crippen LogP contribution in [0.4, 0.5) is 10.5 Å². The van der Waals surface area contributed by atoms with E-state index in [-0.39, 0.29) is 42.5 Å². The highest BCUT2D eigenvalue weighted by atomic mass is 32.2. The Labute approximate surface area is 169 Å². The van der Waals surface area contributed by atoms with Gasteiger partial charge < -0.3 is 20.3 Å². The van der Waals surface area contributed by atoms with E-state index in [0.717, 1.165) is 12.8 Å². The van der Waals surface area contributed by atoms with E-state index in [9.17, 15) is 22.8 Å². The first kappa shape index (κ1) is 21.1. The van der Waals surface area contributed by atoms with Gasteiger partial charge in [0.1, 0.15) is 0 Å². The molecule has 3 rings (SSSR count). The number of ether oxygens (including phenoxy) is 1. The molecule has 0 radical (unpaired) electrons. The largest absolute Gasteiger partial charge is 0.456 e. The van der Waals surface area contributed by atoms with Crippen molar-refractivity contribution in [3.63, 3.8) is 0 Å². The van der Waals surface area contributed by atoms with Crippen LogP contribution in [-0.2, 0) is 24.2 Å². The van der Waals surface area contributed by atoms with Crippen molar-refractivity contribution in [1.82, 2.24) is 10.2 Å². The van der Waals surface area contributed by atoms with Gasteiger partial charge >= 0.3 is 12.0 Å². The maximum absolute atomic E-state index is 12.5. The first-order valence-electron chi connectivity index (χ1n) is 9.61. The van der Waals surface area contributed by atoms with Crippen molar-refractivity contribution in [3.05, 3.63) is 30.3 Å². The van der Waals surface area contributed by atoms with E-state index >= 15 is 0 Å². The lowest BCUT2D eigenvalue weighted by Gasteiger charge is -2.28. The Hall–Kier alpha value is -2.62. The van der Waals surface area contributed by atoms with E-state index in [1.807, 2.05) is 6.07 Å². The second kappa shape index (κ2) is 9.25. The van der Waals surface area contributed by atoms with Gasteiger partial charge in [-0.3, -0.25) is 9.59 Å². The van der Waals surface area contributed by atoms with Crippen molar-refractivity contribution in [2.75, 3.05) is 30.0 Å². The summed E-state index contributed by atoms with van der Waals surface area (Å²) < 4.78 is 28.4. The Balaban J connectivity index is 1.37. The minimum atomic E-state index is -3.10. The number of esters is 1. The lowest BCUT2D eigenvalue weighted by molar-refractivity contribution is -0.153. The quantitative estimate of drug-likeness (QED) is 0.600. The van der Waals surface area contributed by atoms with E-state index in [0.29, 0.717) is 12.1 Å². The highest BCUT2D eigenvalue weighted by molar-refractivity contribution is 7.91. The monoisotopic (exact) mass is 423 g/mol. The molecule has 1 atom stereocenters. The molecule has 29 heavy (non-hydrogen) atoms. The van der Waals surface area contributed by atoms with Gasteiger partial charge in [-0.25, -0.2) is 13.2 Å². The number of nitrogens with one attached hydrogen (secondary N) is 2. The van der Waals surface area contributed by atoms with Gasteiger partial charge in [-0.15, -0.1) is 0 Å². The first-order chi connectivity index (χ1) is 13.8. The van der Waals surface area contributed by atoms with Crippen molar-refractivity contribution in [2.45, 2.75) is 37.8 Å². The van der Waals surface area contributed by atoms with Crippen molar-refractivity contribution >= 4 is 33.4 Å². The molecule has 1 saturated heterocycles. The standard InChI is InChI=1S/C19H25N3O6S/c23-17(22(15-6-7-15)16-9-11-29(26,27)13-16)12-28-18(24)8-10-20-19(25)21-14-4-2-1-3-5-14/h1-5,15-16H,6-13H2,(H2,20,21,25)/t16-/m1/s1. The molecule has 3 amide bonds. The topological polar surface area (TPSA) is 122 Å². The highest BCUT2D eigenvalue weighted by Crippen LogP contribution is 2.32. The highest BCUT2D eigenvalue weighted by Gasteiger charge is 2.42. The second-order valence-corrected chi connectivity index (χ2v) is 9.48. The maximum Gasteiger partial charge on any atom is 0.319 e. The summed E-state index contributed by atoms with van der Waals surface area (Å²) in [5.74, 6) is -0.903. The van der Waals surface area contributed by atoms with Gasteiger partial charge in [-0.1, -0.05) is 18.2 Å². The molecule has 0 aromatic heterocycles. The van der Waals surface area contributed by atoms with Gasteiger partial charge in [0.05, 0.1) is 17.9 Å². The SMILES string of the molecule is O=C(NCCC(=O)OCC(=O)N(C1CC1)[C@@H]1CCS(=O)(=O)C1)Nc1ccccc1. The van der Waals surface area contributed by atoms with Gasteiger partial charge in [-0.05, 0) is 31.4 Å². The van der Waals surface area contributed by atoms with Crippen LogP contribution in [0.5, 0.6) is 0 Å². The summed E-state index contributed by atoms with van der Waals surface area (Å²) in [7, 11) is -3.10. The Morgan fingerprint density at radius 3 is 2.41 bits per heavy atom. The van der Waals surface area contributed by atoms with Crippen molar-refractivity contribution in [2.24, 2.45) is 0 Å². The molecule has 0 bridgehead atoms. The van der Waals surface area contributed by atoms with Crippen LogP contribution in [0.3, 0.4) is 0 Å². The number of sulfone groups is 1. The van der Waals surface area contributed by atoms with Gasteiger partial charge in [0.2, 0.25) is 0 Å². The molecule has 1 aliphatic carbocycles. The summed E-state index contributed by atoms with van der Waals surface area (Å²) in [6, 6.07) is 8.15. The molecule has 2 fully saturated rings. The number of hydrogen-bond acceptors (Lipinski definition) is 6. The van der Waals surface area contributed by atoms with Crippen LogP contribution in [0.2, 0.25) is 0 Å². The third-order valence-electron chi connectivity index (χ3n) is 4.83. The van der Waals surface area contributed by atoms with Crippen LogP contribution in [-0.4, -0.2) is 68.0 Å². The molecule has 1 aliphatic heterocycles. The Kier molecular flexibility index (Phi) is 6.73. The molecule has 158 valence electrons. The number of para-hydroxylation sites is 1. The average Bonchev–Trinajstić information content (AvgIpc) is 3.44. The zero-order valence-electron chi connectivity index (χ0n) is 16.0. The second-order valence-electron chi connectivity index (χ2n) is 7.25. The van der Waals surface area contributed by atoms with Crippen LogP contribution in [0.25, 0.3) is 0 Å². The fourth-order valence-corrected chi connectivity index (χ4v) is 5.03. The molecule has 2 aliphatic rings. The van der Waals surface area contributed by atoms with Crippen LogP contribution in [0, 0.1) is 0 Å². The van der Waals surface area contributed by atoms with Crippen LogP contribution in [0.15, 0.2) is 30.3 Å². The lowest BCUT2D eigenvalue weighted by Crippen LogP contribution is -2.44. The predicted octanol–water partition coefficient (Wildman–Crippen LogP) is 0.920. The molecular formula is C19H25N3O6S. The lowest BCUT2D eigenvalue weighted by atomic mass is 10.2. The predicted molar refractivity (Wildman–Crippen MR) is 106 cm³/mol. The number of carbonyl (C=O) groups excluding carboxylic acids is 3. The zero-order valence-corrected chi connectivity index (χ0v) is 16.8. The molecule has 10 heteroatoms. The normalized spacial score (nSPS) is 19.9. The Morgan fingerprint density at radius 2 is 1.79 bits per heavy atom. The smallest absolute Gasteiger partial charge is 0.319 e. The van der Waals surface area contributed by atoms with Crippen molar-refractivity contribution in [1.29, 1.82) is 0 Å². The van der Waals surface area contributed by atoms with E-state index in [2.05, 4.69) is 10.6 Å². The summed E-state index contributed by atoms with van der Waals surface area (Å²) in [6.45, 7) is -0.346. The van der Waals surface area contributed by atoms with E-state index in [1.54, 1.807) is 29.2 Å². The Morgan fingerprint density at radius 1 is 1.07 bits per heavy atom.